The van der Waals surface area contributed by atoms with Crippen LogP contribution >= 0.6 is 24.8 Å². The van der Waals surface area contributed by atoms with Crippen LogP contribution in [-0.2, 0) is 11.3 Å². The van der Waals surface area contributed by atoms with Gasteiger partial charge in [0.25, 0.3) is 0 Å². The number of hydrogen-bond acceptors (Lipinski definition) is 4. The third-order valence-corrected chi connectivity index (χ3v) is 5.39. The number of hydrogen-bond donors (Lipinski definition) is 2. The zero-order chi connectivity index (χ0) is 18.6. The molecule has 2 aliphatic heterocycles. The van der Waals surface area contributed by atoms with E-state index < -0.39 is 5.82 Å². The Morgan fingerprint density at radius 1 is 1.21 bits per heavy atom. The second-order valence-electron chi connectivity index (χ2n) is 7.51. The fourth-order valence-electron chi connectivity index (χ4n) is 4.15. The highest BCUT2D eigenvalue weighted by Crippen LogP contribution is 2.32. The van der Waals surface area contributed by atoms with Crippen LogP contribution in [0.15, 0.2) is 42.7 Å². The van der Waals surface area contributed by atoms with Gasteiger partial charge in [0.2, 0.25) is 5.91 Å². The maximum Gasteiger partial charge on any atom is 0.220 e. The molecular weight excluding hydrogens is 416 g/mol. The van der Waals surface area contributed by atoms with Crippen LogP contribution in [0.2, 0.25) is 0 Å². The molecule has 158 valence electrons. The van der Waals surface area contributed by atoms with Crippen LogP contribution in [-0.4, -0.2) is 23.0 Å². The summed E-state index contributed by atoms with van der Waals surface area (Å²) in [4.78, 5) is 16.2. The summed E-state index contributed by atoms with van der Waals surface area (Å²) in [5, 5.41) is 6.51. The van der Waals surface area contributed by atoms with Crippen LogP contribution in [0.25, 0.3) is 0 Å². The minimum atomic E-state index is -0.458. The predicted octanol–water partition coefficient (Wildman–Crippen LogP) is 4.39. The Balaban J connectivity index is 0.00000150. The summed E-state index contributed by atoms with van der Waals surface area (Å²) in [5.41, 5.74) is 0.713. The molecule has 1 aromatic heterocycles. The molecule has 0 aliphatic carbocycles. The fraction of sp³-hybridized carbons (Fsp3) is 0.429. The number of benzene rings is 1. The largest absolute Gasteiger partial charge is 0.453 e. The van der Waals surface area contributed by atoms with Gasteiger partial charge in [-0.1, -0.05) is 6.07 Å². The van der Waals surface area contributed by atoms with Crippen molar-refractivity contribution >= 4 is 30.7 Å². The molecule has 2 unspecified atom stereocenters. The van der Waals surface area contributed by atoms with E-state index in [0.29, 0.717) is 42.3 Å². The van der Waals surface area contributed by atoms with Gasteiger partial charge in [0.05, 0.1) is 6.20 Å². The minimum absolute atomic E-state index is 0. The van der Waals surface area contributed by atoms with Crippen molar-refractivity contribution < 1.29 is 13.9 Å². The minimum Gasteiger partial charge on any atom is -0.453 e. The first-order chi connectivity index (χ1) is 13.2. The number of rotatable bonds is 6. The van der Waals surface area contributed by atoms with Gasteiger partial charge >= 0.3 is 0 Å². The number of halogens is 3. The van der Waals surface area contributed by atoms with Gasteiger partial charge in [-0.15, -0.1) is 24.8 Å². The van der Waals surface area contributed by atoms with Gasteiger partial charge in [0.1, 0.15) is 5.75 Å². The van der Waals surface area contributed by atoms with Gasteiger partial charge in [-0.25, -0.2) is 4.39 Å². The van der Waals surface area contributed by atoms with E-state index in [4.69, 9.17) is 4.74 Å². The molecule has 4 rings (SSSR count). The van der Waals surface area contributed by atoms with Gasteiger partial charge < -0.3 is 15.4 Å². The molecule has 2 saturated heterocycles. The van der Waals surface area contributed by atoms with E-state index in [1.54, 1.807) is 30.5 Å². The topological polar surface area (TPSA) is 63.2 Å². The van der Waals surface area contributed by atoms with Crippen LogP contribution in [0.4, 0.5) is 4.39 Å². The lowest BCUT2D eigenvalue weighted by Crippen LogP contribution is -2.39. The third kappa shape index (κ3) is 6.29. The van der Waals surface area contributed by atoms with Crippen LogP contribution in [0, 0.1) is 11.7 Å². The Morgan fingerprint density at radius 2 is 1.97 bits per heavy atom. The fourth-order valence-corrected chi connectivity index (χ4v) is 4.15. The normalized spacial score (nSPS) is 22.2. The van der Waals surface area contributed by atoms with E-state index in [2.05, 4.69) is 15.6 Å². The maximum absolute atomic E-state index is 14.3. The van der Waals surface area contributed by atoms with Gasteiger partial charge in [0.15, 0.2) is 11.6 Å². The second-order valence-corrected chi connectivity index (χ2v) is 7.51. The number of piperidine rings is 1. The number of aromatic nitrogens is 1. The second kappa shape index (κ2) is 10.8. The van der Waals surface area contributed by atoms with Gasteiger partial charge in [0, 0.05) is 31.2 Å². The predicted molar refractivity (Wildman–Crippen MR) is 114 cm³/mol. The maximum atomic E-state index is 14.3. The first-order valence-corrected chi connectivity index (χ1v) is 9.55. The highest BCUT2D eigenvalue weighted by atomic mass is 35.5. The van der Waals surface area contributed by atoms with Gasteiger partial charge in [-0.2, -0.15) is 0 Å². The van der Waals surface area contributed by atoms with Crippen molar-refractivity contribution in [3.05, 3.63) is 54.1 Å². The Kier molecular flexibility index (Phi) is 8.68. The molecule has 2 N–H and O–H groups in total. The number of carbonyl (C=O) groups excluding carboxylic acids is 1. The van der Waals surface area contributed by atoms with Crippen molar-refractivity contribution in [3.63, 3.8) is 0 Å². The zero-order valence-corrected chi connectivity index (χ0v) is 17.6. The van der Waals surface area contributed by atoms with Crippen LogP contribution in [0.3, 0.4) is 0 Å². The lowest BCUT2D eigenvalue weighted by atomic mass is 9.89. The number of carbonyl (C=O) groups is 1. The molecule has 0 spiro atoms. The van der Waals surface area contributed by atoms with E-state index >= 15 is 0 Å². The van der Waals surface area contributed by atoms with Crippen molar-refractivity contribution in [1.82, 2.24) is 15.6 Å². The van der Waals surface area contributed by atoms with E-state index in [0.717, 1.165) is 12.8 Å². The Labute approximate surface area is 182 Å². The zero-order valence-electron chi connectivity index (χ0n) is 16.0. The average Bonchev–Trinajstić information content (AvgIpc) is 3.01. The summed E-state index contributed by atoms with van der Waals surface area (Å²) in [5.74, 6) is 0.658. The molecule has 8 heteroatoms. The summed E-state index contributed by atoms with van der Waals surface area (Å²) in [7, 11) is 0. The summed E-state index contributed by atoms with van der Waals surface area (Å²) in [6.45, 7) is 0.320. The van der Waals surface area contributed by atoms with Crippen molar-refractivity contribution in [1.29, 1.82) is 0 Å². The van der Waals surface area contributed by atoms with E-state index in [1.165, 1.54) is 25.1 Å². The molecule has 29 heavy (non-hydrogen) atoms. The molecule has 0 saturated carbocycles. The molecule has 2 bridgehead atoms. The number of nitrogens with zero attached hydrogens (tertiary/aromatic N) is 1. The smallest absolute Gasteiger partial charge is 0.220 e. The third-order valence-electron chi connectivity index (χ3n) is 5.39. The molecule has 1 amide bonds. The van der Waals surface area contributed by atoms with Gasteiger partial charge in [-0.3, -0.25) is 9.78 Å². The molecular formula is C21H26Cl2FN3O2. The van der Waals surface area contributed by atoms with E-state index in [9.17, 15) is 9.18 Å². The SMILES string of the molecule is Cl.Cl.O=C(CC1CC2CCC(C1)N2)NCc1ccc(Oc2cccnc2)c(F)c1. The molecule has 2 fully saturated rings. The number of nitrogens with one attached hydrogen (secondary N) is 2. The highest BCUT2D eigenvalue weighted by molar-refractivity contribution is 5.85. The molecule has 0 radical (unpaired) electrons. The number of ether oxygens (including phenoxy) is 1. The van der Waals surface area contributed by atoms with Crippen LogP contribution in [0.5, 0.6) is 11.5 Å². The average molecular weight is 442 g/mol. The van der Waals surface area contributed by atoms with Crippen molar-refractivity contribution in [3.8, 4) is 11.5 Å². The molecule has 3 heterocycles. The van der Waals surface area contributed by atoms with Crippen LogP contribution < -0.4 is 15.4 Å². The van der Waals surface area contributed by atoms with Crippen molar-refractivity contribution in [2.24, 2.45) is 5.92 Å². The van der Waals surface area contributed by atoms with E-state index in [-0.39, 0.29) is 36.5 Å². The lowest BCUT2D eigenvalue weighted by molar-refractivity contribution is -0.122. The van der Waals surface area contributed by atoms with Crippen molar-refractivity contribution in [2.75, 3.05) is 0 Å². The molecule has 2 aliphatic rings. The van der Waals surface area contributed by atoms with Crippen molar-refractivity contribution in [2.45, 2.75) is 50.7 Å². The lowest BCUT2D eigenvalue weighted by Gasteiger charge is -2.28. The Bertz CT molecular complexity index is 798. The molecule has 5 nitrogen and oxygen atoms in total. The van der Waals surface area contributed by atoms with E-state index in [1.807, 2.05) is 0 Å². The molecule has 2 atom stereocenters. The number of fused-ring (bicyclic) bond motifs is 2. The standard InChI is InChI=1S/C21H24FN3O2.2ClH/c22-19-10-14(3-6-20(19)27-18-2-1-7-23-13-18)12-24-21(26)11-15-8-16-4-5-17(9-15)25-16;;/h1-3,6-7,10,13,15-17,25H,4-5,8-9,11-12H2,(H,24,26);2*1H. The molecule has 1 aromatic carbocycles. The summed E-state index contributed by atoms with van der Waals surface area (Å²) < 4.78 is 19.7. The first kappa shape index (κ1) is 23.4. The summed E-state index contributed by atoms with van der Waals surface area (Å²) in [6.07, 6.45) is 8.34. The number of pyridine rings is 1. The Hall–Kier alpha value is -1.89. The highest BCUT2D eigenvalue weighted by Gasteiger charge is 2.34. The number of amides is 1. The quantitative estimate of drug-likeness (QED) is 0.697. The van der Waals surface area contributed by atoms with Gasteiger partial charge in [-0.05, 0) is 61.4 Å². The molecule has 2 aromatic rings. The summed E-state index contributed by atoms with van der Waals surface area (Å²) >= 11 is 0. The summed E-state index contributed by atoms with van der Waals surface area (Å²) in [6, 6.07) is 9.36. The van der Waals surface area contributed by atoms with Crippen LogP contribution in [0.1, 0.15) is 37.7 Å². The monoisotopic (exact) mass is 441 g/mol. The Morgan fingerprint density at radius 3 is 2.62 bits per heavy atom. The first-order valence-electron chi connectivity index (χ1n) is 9.55.